The lowest BCUT2D eigenvalue weighted by Gasteiger charge is -2.28. The van der Waals surface area contributed by atoms with Gasteiger partial charge in [-0.1, -0.05) is 18.2 Å². The van der Waals surface area contributed by atoms with Gasteiger partial charge in [0.25, 0.3) is 0 Å². The standard InChI is InChI=1S/C28H33F3N6O4S/c1-17(32)13-25(35-20-8-6-7-19(14-20)34-18(2)38)37-16-21(15-23(37)26(39)36-27(33-3)11-12-27)42(40,41)24-10-5-4-9-22(24)28(29,30)31/h4-10,13-14,21,23,33H,11-12,15-16,32H2,1-3H3,(H,34,38)(H,36,39). The molecule has 2 aromatic rings. The first-order chi connectivity index (χ1) is 19.6. The van der Waals surface area contributed by atoms with E-state index < -0.39 is 49.3 Å². The van der Waals surface area contributed by atoms with Crippen LogP contribution in [0.2, 0.25) is 0 Å². The molecule has 2 aromatic carbocycles. The number of allylic oxidation sites excluding steroid dienone is 1. The Morgan fingerprint density at radius 3 is 2.40 bits per heavy atom. The molecule has 1 heterocycles. The number of sulfone groups is 1. The summed E-state index contributed by atoms with van der Waals surface area (Å²) in [6.45, 7) is 2.63. The number of carbonyl (C=O) groups excluding carboxylic acids is 2. The molecular weight excluding hydrogens is 573 g/mol. The normalized spacial score (nSPS) is 20.8. The lowest BCUT2D eigenvalue weighted by atomic mass is 10.2. The molecule has 5 N–H and O–H groups in total. The van der Waals surface area contributed by atoms with Gasteiger partial charge in [0.1, 0.15) is 11.9 Å². The number of rotatable bonds is 8. The Hall–Kier alpha value is -3.91. The number of halogens is 3. The molecule has 1 saturated heterocycles. The van der Waals surface area contributed by atoms with E-state index >= 15 is 0 Å². The second-order valence-corrected chi connectivity index (χ2v) is 12.7. The first-order valence-corrected chi connectivity index (χ1v) is 14.8. The lowest BCUT2D eigenvalue weighted by Crippen LogP contribution is -2.53. The van der Waals surface area contributed by atoms with Crippen molar-refractivity contribution in [3.63, 3.8) is 0 Å². The molecule has 0 aromatic heterocycles. The molecule has 1 aliphatic heterocycles. The molecule has 0 spiro atoms. The molecule has 0 bridgehead atoms. The number of carbonyl (C=O) groups is 2. The van der Waals surface area contributed by atoms with E-state index in [-0.39, 0.29) is 24.7 Å². The van der Waals surface area contributed by atoms with Crippen molar-refractivity contribution in [1.82, 2.24) is 15.5 Å². The number of likely N-dealkylation sites (tertiary alicyclic amines) is 1. The van der Waals surface area contributed by atoms with Crippen molar-refractivity contribution in [1.29, 1.82) is 0 Å². The minimum atomic E-state index is -4.89. The fourth-order valence-corrected chi connectivity index (χ4v) is 6.82. The Morgan fingerprint density at radius 2 is 1.81 bits per heavy atom. The van der Waals surface area contributed by atoms with Crippen LogP contribution in [0.4, 0.5) is 24.5 Å². The van der Waals surface area contributed by atoms with Crippen LogP contribution < -0.4 is 21.7 Å². The smallest absolute Gasteiger partial charge is 0.402 e. The number of alkyl halides is 3. The summed E-state index contributed by atoms with van der Waals surface area (Å²) < 4.78 is 68.8. The summed E-state index contributed by atoms with van der Waals surface area (Å²) in [5.41, 5.74) is 5.22. The second-order valence-electron chi connectivity index (χ2n) is 10.5. The monoisotopic (exact) mass is 606 g/mol. The van der Waals surface area contributed by atoms with Gasteiger partial charge in [-0.25, -0.2) is 13.4 Å². The van der Waals surface area contributed by atoms with Crippen LogP contribution in [0.5, 0.6) is 0 Å². The van der Waals surface area contributed by atoms with Gasteiger partial charge in [0.15, 0.2) is 9.84 Å². The maximum atomic E-state index is 13.8. The van der Waals surface area contributed by atoms with E-state index in [1.807, 2.05) is 0 Å². The number of hydrogen-bond acceptors (Lipinski definition) is 7. The van der Waals surface area contributed by atoms with Crippen molar-refractivity contribution in [2.24, 2.45) is 10.7 Å². The number of aliphatic imine (C=N–C) groups is 1. The number of anilines is 1. The largest absolute Gasteiger partial charge is 0.417 e. The average Bonchev–Trinajstić information content (AvgIpc) is 3.52. The highest BCUT2D eigenvalue weighted by Crippen LogP contribution is 2.38. The fraction of sp³-hybridized carbons (Fsp3) is 0.393. The SMILES string of the molecule is CNC1(NC(=O)C2CC(S(=O)(=O)c3ccccc3C(F)(F)F)CN2C(C=C(C)N)=Nc2cccc(NC(C)=O)c2)CC1. The zero-order valence-electron chi connectivity index (χ0n) is 23.3. The van der Waals surface area contributed by atoms with Gasteiger partial charge in [-0.2, -0.15) is 13.2 Å². The van der Waals surface area contributed by atoms with Gasteiger partial charge < -0.3 is 21.3 Å². The third-order valence-corrected chi connectivity index (χ3v) is 9.34. The van der Waals surface area contributed by atoms with E-state index in [4.69, 9.17) is 5.73 Å². The Labute approximate surface area is 242 Å². The Morgan fingerprint density at radius 1 is 1.12 bits per heavy atom. The highest BCUT2D eigenvalue weighted by Gasteiger charge is 2.50. The van der Waals surface area contributed by atoms with Crippen molar-refractivity contribution < 1.29 is 31.2 Å². The predicted octanol–water partition coefficient (Wildman–Crippen LogP) is 3.30. The van der Waals surface area contributed by atoms with Gasteiger partial charge in [-0.3, -0.25) is 14.9 Å². The predicted molar refractivity (Wildman–Crippen MR) is 152 cm³/mol. The van der Waals surface area contributed by atoms with Gasteiger partial charge in [-0.05, 0) is 69.6 Å². The van der Waals surface area contributed by atoms with E-state index in [1.165, 1.54) is 24.0 Å². The average molecular weight is 607 g/mol. The van der Waals surface area contributed by atoms with Gasteiger partial charge in [0, 0.05) is 24.9 Å². The molecule has 42 heavy (non-hydrogen) atoms. The van der Waals surface area contributed by atoms with Crippen LogP contribution in [-0.2, 0) is 25.6 Å². The first-order valence-electron chi connectivity index (χ1n) is 13.2. The summed E-state index contributed by atoms with van der Waals surface area (Å²) in [4.78, 5) is 30.4. The maximum Gasteiger partial charge on any atom is 0.417 e. The highest BCUT2D eigenvalue weighted by molar-refractivity contribution is 7.92. The molecule has 226 valence electrons. The van der Waals surface area contributed by atoms with Crippen LogP contribution in [-0.4, -0.2) is 61.5 Å². The number of hydrogen-bond donors (Lipinski definition) is 4. The third kappa shape index (κ3) is 6.93. The molecular formula is C28H33F3N6O4S. The molecule has 2 fully saturated rings. The van der Waals surface area contributed by atoms with Crippen molar-refractivity contribution >= 4 is 38.9 Å². The van der Waals surface area contributed by atoms with Crippen molar-refractivity contribution in [3.8, 4) is 0 Å². The molecule has 2 amide bonds. The molecule has 2 unspecified atom stereocenters. The van der Waals surface area contributed by atoms with Crippen molar-refractivity contribution in [2.75, 3.05) is 18.9 Å². The zero-order chi connectivity index (χ0) is 30.9. The summed E-state index contributed by atoms with van der Waals surface area (Å²) >= 11 is 0. The van der Waals surface area contributed by atoms with Gasteiger partial charge in [0.05, 0.1) is 27.1 Å². The Kier molecular flexibility index (Phi) is 8.69. The molecule has 1 aliphatic carbocycles. The van der Waals surface area contributed by atoms with Crippen LogP contribution in [0.15, 0.2) is 70.2 Å². The number of nitrogens with one attached hydrogen (secondary N) is 3. The fourth-order valence-electron chi connectivity index (χ4n) is 4.91. The number of amides is 2. The van der Waals surface area contributed by atoms with Crippen LogP contribution in [0.1, 0.15) is 38.7 Å². The first kappa shape index (κ1) is 31.0. The maximum absolute atomic E-state index is 13.8. The summed E-state index contributed by atoms with van der Waals surface area (Å²) in [5, 5.41) is 7.26. The number of nitrogens with two attached hydrogens (primary N) is 1. The molecule has 2 atom stereocenters. The summed E-state index contributed by atoms with van der Waals surface area (Å²) in [6.07, 6.45) is -2.37. The number of nitrogens with zero attached hydrogens (tertiary/aromatic N) is 2. The number of amidine groups is 1. The molecule has 1 saturated carbocycles. The van der Waals surface area contributed by atoms with Crippen LogP contribution in [0.3, 0.4) is 0 Å². The van der Waals surface area contributed by atoms with E-state index in [0.717, 1.165) is 18.2 Å². The van der Waals surface area contributed by atoms with Gasteiger partial charge >= 0.3 is 6.18 Å². The molecule has 2 aliphatic rings. The molecule has 4 rings (SSSR count). The Bertz CT molecular complexity index is 1530. The van der Waals surface area contributed by atoms with Crippen LogP contribution in [0, 0.1) is 0 Å². The zero-order valence-corrected chi connectivity index (χ0v) is 24.1. The quantitative estimate of drug-likeness (QED) is 0.205. The minimum absolute atomic E-state index is 0.145. The van der Waals surface area contributed by atoms with Crippen molar-refractivity contribution in [2.45, 2.75) is 61.1 Å². The van der Waals surface area contributed by atoms with Crippen molar-refractivity contribution in [3.05, 3.63) is 65.9 Å². The summed E-state index contributed by atoms with van der Waals surface area (Å²) in [5.74, 6) is -0.645. The highest BCUT2D eigenvalue weighted by atomic mass is 32.2. The minimum Gasteiger partial charge on any atom is -0.402 e. The number of benzene rings is 2. The molecule has 10 nitrogen and oxygen atoms in total. The van der Waals surface area contributed by atoms with Crippen LogP contribution >= 0.6 is 0 Å². The molecule has 0 radical (unpaired) electrons. The van der Waals surface area contributed by atoms with Gasteiger partial charge in [-0.15, -0.1) is 0 Å². The Balaban J connectivity index is 1.78. The molecule has 14 heteroatoms. The lowest BCUT2D eigenvalue weighted by molar-refractivity contribution is -0.140. The van der Waals surface area contributed by atoms with Crippen LogP contribution in [0.25, 0.3) is 0 Å². The third-order valence-electron chi connectivity index (χ3n) is 7.16. The second kappa shape index (κ2) is 11.8. The summed E-state index contributed by atoms with van der Waals surface area (Å²) in [7, 11) is -2.86. The van der Waals surface area contributed by atoms with E-state index in [1.54, 1.807) is 38.2 Å². The van der Waals surface area contributed by atoms with E-state index in [9.17, 15) is 31.2 Å². The topological polar surface area (TPSA) is 146 Å². The summed E-state index contributed by atoms with van der Waals surface area (Å²) in [6, 6.07) is 9.47. The van der Waals surface area contributed by atoms with Gasteiger partial charge in [0.2, 0.25) is 11.8 Å². The van der Waals surface area contributed by atoms with E-state index in [2.05, 4.69) is 20.9 Å². The van der Waals surface area contributed by atoms with E-state index in [0.29, 0.717) is 29.9 Å².